The van der Waals surface area contributed by atoms with Gasteiger partial charge in [-0.25, -0.2) is 0 Å². The summed E-state index contributed by atoms with van der Waals surface area (Å²) in [4.78, 5) is 13.7. The van der Waals surface area contributed by atoms with Crippen molar-refractivity contribution in [2.24, 2.45) is 0 Å². The van der Waals surface area contributed by atoms with Gasteiger partial charge in [0.1, 0.15) is 5.75 Å². The van der Waals surface area contributed by atoms with Crippen molar-refractivity contribution in [1.29, 1.82) is 0 Å². The Hall–Kier alpha value is -1.55. The van der Waals surface area contributed by atoms with E-state index in [2.05, 4.69) is 0 Å². The average molecular weight is 249 g/mol. The number of aliphatic hydroxyl groups is 1. The van der Waals surface area contributed by atoms with E-state index in [1.165, 1.54) is 0 Å². The van der Waals surface area contributed by atoms with Crippen LogP contribution in [-0.4, -0.2) is 40.7 Å². The fourth-order valence-electron chi connectivity index (χ4n) is 2.08. The van der Waals surface area contributed by atoms with Crippen LogP contribution in [0.3, 0.4) is 0 Å². The smallest absolute Gasteiger partial charge is 0.254 e. The van der Waals surface area contributed by atoms with Crippen molar-refractivity contribution in [2.75, 3.05) is 13.1 Å². The van der Waals surface area contributed by atoms with Crippen LogP contribution >= 0.6 is 0 Å². The average Bonchev–Trinajstić information content (AvgIpc) is 2.24. The minimum absolute atomic E-state index is 0.0595. The van der Waals surface area contributed by atoms with Crippen LogP contribution in [0.1, 0.15) is 31.1 Å². The number of hydrogen-bond acceptors (Lipinski definition) is 3. The first kappa shape index (κ1) is 12.9. The maximum atomic E-state index is 12.1. The Morgan fingerprint density at radius 3 is 2.67 bits per heavy atom. The van der Waals surface area contributed by atoms with Crippen molar-refractivity contribution in [2.45, 2.75) is 32.5 Å². The summed E-state index contributed by atoms with van der Waals surface area (Å²) in [6.45, 7) is 6.40. The first-order chi connectivity index (χ1) is 8.37. The van der Waals surface area contributed by atoms with Crippen molar-refractivity contribution >= 4 is 5.91 Å². The molecule has 0 bridgehead atoms. The second-order valence-corrected chi connectivity index (χ2v) is 5.35. The number of amides is 1. The topological polar surface area (TPSA) is 49.8 Å². The second kappa shape index (κ2) is 4.61. The van der Waals surface area contributed by atoms with Crippen molar-refractivity contribution in [3.8, 4) is 5.75 Å². The van der Waals surface area contributed by atoms with Gasteiger partial charge in [-0.1, -0.05) is 6.07 Å². The third-order valence-electron chi connectivity index (χ3n) is 2.80. The zero-order valence-corrected chi connectivity index (χ0v) is 11.0. The number of carbonyl (C=O) groups is 1. The minimum atomic E-state index is -0.734. The van der Waals surface area contributed by atoms with Gasteiger partial charge in [0.25, 0.3) is 5.91 Å². The molecule has 1 heterocycles. The molecule has 4 heteroatoms. The lowest BCUT2D eigenvalue weighted by atomic mass is 9.96. The van der Waals surface area contributed by atoms with Gasteiger partial charge in [0.15, 0.2) is 0 Å². The predicted molar refractivity (Wildman–Crippen MR) is 68.7 cm³/mol. The molecule has 1 fully saturated rings. The Morgan fingerprint density at radius 1 is 1.44 bits per heavy atom. The van der Waals surface area contributed by atoms with E-state index in [1.54, 1.807) is 24.0 Å². The number of rotatable bonds is 3. The van der Waals surface area contributed by atoms with Crippen molar-refractivity contribution in [1.82, 2.24) is 4.90 Å². The summed E-state index contributed by atoms with van der Waals surface area (Å²) in [6, 6.07) is 7.16. The summed E-state index contributed by atoms with van der Waals surface area (Å²) in [6.07, 6.45) is 0.0834. The molecule has 2 rings (SSSR count). The molecule has 98 valence electrons. The standard InChI is InChI=1S/C14H19NO3/c1-10(2)18-12-6-4-5-11(7-12)13(16)15-8-14(3,17)9-15/h4-7,10,17H,8-9H2,1-3H3. The zero-order chi connectivity index (χ0) is 13.3. The van der Waals surface area contributed by atoms with Crippen LogP contribution in [0.4, 0.5) is 0 Å². The highest BCUT2D eigenvalue weighted by atomic mass is 16.5. The molecule has 0 spiro atoms. The molecule has 1 aliphatic heterocycles. The van der Waals surface area contributed by atoms with Crippen molar-refractivity contribution < 1.29 is 14.6 Å². The molecule has 1 aliphatic rings. The molecule has 0 atom stereocenters. The van der Waals surface area contributed by atoms with Gasteiger partial charge < -0.3 is 14.7 Å². The van der Waals surface area contributed by atoms with E-state index in [-0.39, 0.29) is 12.0 Å². The fraction of sp³-hybridized carbons (Fsp3) is 0.500. The summed E-state index contributed by atoms with van der Waals surface area (Å²) in [5.41, 5.74) is -0.134. The Labute approximate surface area is 107 Å². The van der Waals surface area contributed by atoms with Gasteiger partial charge >= 0.3 is 0 Å². The Morgan fingerprint density at radius 2 is 2.11 bits per heavy atom. The van der Waals surface area contributed by atoms with Gasteiger partial charge in [-0.05, 0) is 39.0 Å². The highest BCUT2D eigenvalue weighted by Gasteiger charge is 2.39. The number of nitrogens with zero attached hydrogens (tertiary/aromatic N) is 1. The van der Waals surface area contributed by atoms with Crippen molar-refractivity contribution in [3.05, 3.63) is 29.8 Å². The highest BCUT2D eigenvalue weighted by Crippen LogP contribution is 2.23. The lowest BCUT2D eigenvalue weighted by Gasteiger charge is -2.44. The van der Waals surface area contributed by atoms with Crippen LogP contribution in [0.2, 0.25) is 0 Å². The summed E-state index contributed by atoms with van der Waals surface area (Å²) in [7, 11) is 0. The van der Waals surface area contributed by atoms with E-state index in [0.29, 0.717) is 24.4 Å². The first-order valence-electron chi connectivity index (χ1n) is 6.16. The molecule has 0 radical (unpaired) electrons. The molecule has 1 N–H and O–H groups in total. The predicted octanol–water partition coefficient (Wildman–Crippen LogP) is 1.68. The molecule has 1 amide bonds. The molecule has 0 aliphatic carbocycles. The molecule has 0 aromatic heterocycles. The monoisotopic (exact) mass is 249 g/mol. The summed E-state index contributed by atoms with van der Waals surface area (Å²) < 4.78 is 5.56. The van der Waals surface area contributed by atoms with Crippen LogP contribution in [0.15, 0.2) is 24.3 Å². The van der Waals surface area contributed by atoms with E-state index >= 15 is 0 Å². The molecule has 0 unspecified atom stereocenters. The number of hydrogen-bond donors (Lipinski definition) is 1. The van der Waals surface area contributed by atoms with E-state index in [1.807, 2.05) is 26.0 Å². The van der Waals surface area contributed by atoms with Crippen LogP contribution in [0.25, 0.3) is 0 Å². The van der Waals surface area contributed by atoms with Gasteiger partial charge in [0, 0.05) is 5.56 Å². The first-order valence-corrected chi connectivity index (χ1v) is 6.16. The van der Waals surface area contributed by atoms with Gasteiger partial charge in [0.05, 0.1) is 24.8 Å². The molecule has 18 heavy (non-hydrogen) atoms. The van der Waals surface area contributed by atoms with Crippen LogP contribution in [0, 0.1) is 0 Å². The maximum Gasteiger partial charge on any atom is 0.254 e. The SMILES string of the molecule is CC(C)Oc1cccc(C(=O)N2CC(C)(O)C2)c1. The quantitative estimate of drug-likeness (QED) is 0.886. The van der Waals surface area contributed by atoms with E-state index in [9.17, 15) is 9.90 Å². The molecular formula is C14H19NO3. The lowest BCUT2D eigenvalue weighted by molar-refractivity contribution is -0.0668. The van der Waals surface area contributed by atoms with Gasteiger partial charge in [-0.3, -0.25) is 4.79 Å². The molecular weight excluding hydrogens is 230 g/mol. The molecule has 1 aromatic rings. The van der Waals surface area contributed by atoms with Gasteiger partial charge in [-0.2, -0.15) is 0 Å². The van der Waals surface area contributed by atoms with E-state index in [0.717, 1.165) is 0 Å². The molecule has 0 saturated carbocycles. The minimum Gasteiger partial charge on any atom is -0.491 e. The third kappa shape index (κ3) is 2.82. The van der Waals surface area contributed by atoms with E-state index in [4.69, 9.17) is 4.74 Å². The maximum absolute atomic E-state index is 12.1. The van der Waals surface area contributed by atoms with E-state index < -0.39 is 5.60 Å². The number of benzene rings is 1. The number of likely N-dealkylation sites (tertiary alicyclic amines) is 1. The third-order valence-corrected chi connectivity index (χ3v) is 2.80. The molecule has 1 aromatic carbocycles. The summed E-state index contributed by atoms with van der Waals surface area (Å²) >= 11 is 0. The Kier molecular flexibility index (Phi) is 3.30. The molecule has 4 nitrogen and oxygen atoms in total. The highest BCUT2D eigenvalue weighted by molar-refractivity contribution is 5.95. The summed E-state index contributed by atoms with van der Waals surface area (Å²) in [5, 5.41) is 9.63. The number of ether oxygens (including phenoxy) is 1. The van der Waals surface area contributed by atoms with Gasteiger partial charge in [0.2, 0.25) is 0 Å². The second-order valence-electron chi connectivity index (χ2n) is 5.35. The normalized spacial score (nSPS) is 17.5. The van der Waals surface area contributed by atoms with Gasteiger partial charge in [-0.15, -0.1) is 0 Å². The van der Waals surface area contributed by atoms with Crippen LogP contribution < -0.4 is 4.74 Å². The fourth-order valence-corrected chi connectivity index (χ4v) is 2.08. The lowest BCUT2D eigenvalue weighted by Crippen LogP contribution is -2.61. The van der Waals surface area contributed by atoms with Crippen molar-refractivity contribution in [3.63, 3.8) is 0 Å². The van der Waals surface area contributed by atoms with Crippen LogP contribution in [0.5, 0.6) is 5.75 Å². The number of β-amino-alcohol motifs (C(OH)–C–C–N with tert-alkyl or cyclic N) is 1. The Bertz CT molecular complexity index is 446. The number of carbonyl (C=O) groups excluding carboxylic acids is 1. The summed E-state index contributed by atoms with van der Waals surface area (Å²) in [5.74, 6) is 0.638. The largest absolute Gasteiger partial charge is 0.491 e. The molecule has 1 saturated heterocycles. The zero-order valence-electron chi connectivity index (χ0n) is 11.0. The van der Waals surface area contributed by atoms with Crippen LogP contribution in [-0.2, 0) is 0 Å². The Balaban J connectivity index is 2.07.